The first-order chi connectivity index (χ1) is 39.7. The number of carbonyl (C=O) groups excluding carboxylic acids is 1. The zero-order chi connectivity index (χ0) is 58.3. The number of unbranched alkanes of at least 4 members (excludes halogenated alkanes) is 22. The van der Waals surface area contributed by atoms with Crippen molar-refractivity contribution in [3.8, 4) is 46.0 Å². The SMILES string of the molecule is COc1ccc2cc1Oc1ccc(cc1)CC1c3cc(c(OC)cc3CC[N+]1(C)CCCCCCCCCCCCCCC(=O)O)Oc1c(OC(C)=O)c(OC)cc3c1C(C2)[N+](C)(CCCCCCCCCCCCCCC(=O)O)CC3. The number of nitrogens with zero attached hydrogens (tertiary/aromatic N) is 2. The molecule has 0 amide bonds. The van der Waals surface area contributed by atoms with Crippen LogP contribution in [-0.2, 0) is 40.1 Å². The van der Waals surface area contributed by atoms with E-state index in [1.54, 1.807) is 21.3 Å². The summed E-state index contributed by atoms with van der Waals surface area (Å²) in [5.74, 6) is 2.69. The lowest BCUT2D eigenvalue weighted by atomic mass is 9.84. The zero-order valence-corrected chi connectivity index (χ0v) is 50.9. The zero-order valence-electron chi connectivity index (χ0n) is 50.9. The van der Waals surface area contributed by atoms with E-state index in [-0.39, 0.29) is 30.7 Å². The lowest BCUT2D eigenvalue weighted by Gasteiger charge is -2.47. The number of carboxylic acid groups (broad SMARTS) is 2. The Morgan fingerprint density at radius 3 is 1.44 bits per heavy atom. The number of aliphatic carboxylic acids is 2. The number of methoxy groups -OCH3 is 3. The molecule has 4 heterocycles. The van der Waals surface area contributed by atoms with Crippen molar-refractivity contribution in [3.63, 3.8) is 0 Å². The monoisotopic (exact) mass is 1130 g/mol. The van der Waals surface area contributed by atoms with Gasteiger partial charge in [-0.15, -0.1) is 0 Å². The van der Waals surface area contributed by atoms with Crippen LogP contribution in [0.15, 0.2) is 60.7 Å². The fourth-order valence-corrected chi connectivity index (χ4v) is 13.4. The number of quaternary nitrogens is 2. The molecule has 0 saturated heterocycles. The second-order valence-corrected chi connectivity index (χ2v) is 24.5. The van der Waals surface area contributed by atoms with Crippen LogP contribution in [-0.4, -0.2) is 98.7 Å². The number of likely N-dealkylation sites (N-methyl/N-ethyl adjacent to an activating group) is 2. The highest BCUT2D eigenvalue weighted by Crippen LogP contribution is 2.54. The lowest BCUT2D eigenvalue weighted by Crippen LogP contribution is -2.52. The summed E-state index contributed by atoms with van der Waals surface area (Å²) in [5.41, 5.74) is 6.96. The van der Waals surface area contributed by atoms with Crippen molar-refractivity contribution in [2.75, 3.05) is 61.6 Å². The first-order valence-electron chi connectivity index (χ1n) is 31.6. The molecule has 450 valence electrons. The fraction of sp³-hybridized carbons (Fsp3) is 0.609. The third-order valence-corrected chi connectivity index (χ3v) is 18.3. The van der Waals surface area contributed by atoms with E-state index in [4.69, 9.17) is 38.6 Å². The number of hydrogen-bond acceptors (Lipinski definition) is 9. The van der Waals surface area contributed by atoms with Crippen molar-refractivity contribution >= 4 is 17.9 Å². The minimum Gasteiger partial charge on any atom is -0.493 e. The van der Waals surface area contributed by atoms with Crippen LogP contribution >= 0.6 is 0 Å². The Kier molecular flexibility index (Phi) is 25.1. The van der Waals surface area contributed by atoms with Gasteiger partial charge in [0.1, 0.15) is 17.8 Å². The van der Waals surface area contributed by atoms with Crippen LogP contribution in [0.5, 0.6) is 46.0 Å². The molecular weight excluding hydrogens is 1030 g/mol. The Morgan fingerprint density at radius 1 is 0.500 bits per heavy atom. The summed E-state index contributed by atoms with van der Waals surface area (Å²) < 4.78 is 40.5. The minimum absolute atomic E-state index is 0.105. The van der Waals surface area contributed by atoms with Crippen LogP contribution in [0.2, 0.25) is 0 Å². The van der Waals surface area contributed by atoms with E-state index in [9.17, 15) is 14.4 Å². The molecule has 13 nitrogen and oxygen atoms in total. The van der Waals surface area contributed by atoms with Gasteiger partial charge in [0.25, 0.3) is 0 Å². The highest BCUT2D eigenvalue weighted by molar-refractivity contribution is 5.74. The van der Waals surface area contributed by atoms with Crippen molar-refractivity contribution in [2.45, 2.75) is 212 Å². The number of rotatable bonds is 34. The summed E-state index contributed by atoms with van der Waals surface area (Å²) in [6.07, 6.45) is 31.4. The molecule has 0 spiro atoms. The number of ether oxygens (including phenoxy) is 6. The van der Waals surface area contributed by atoms with Gasteiger partial charge in [-0.05, 0) is 103 Å². The molecule has 0 radical (unpaired) electrons. The molecular formula is C69H100N2O11+2. The van der Waals surface area contributed by atoms with Crippen LogP contribution in [0, 0.1) is 0 Å². The molecule has 4 aliphatic heterocycles. The molecule has 0 aliphatic carbocycles. The molecule has 0 saturated carbocycles. The molecule has 4 aromatic rings. The smallest absolute Gasteiger partial charge is 0.308 e. The van der Waals surface area contributed by atoms with Gasteiger partial charge in [-0.3, -0.25) is 14.4 Å². The summed E-state index contributed by atoms with van der Waals surface area (Å²) >= 11 is 0. The van der Waals surface area contributed by atoms with E-state index >= 15 is 0 Å². The Balaban J connectivity index is 1.16. The molecule has 4 aromatic carbocycles. The van der Waals surface area contributed by atoms with E-state index in [0.29, 0.717) is 40.9 Å². The predicted molar refractivity (Wildman–Crippen MR) is 324 cm³/mol. The first kappa shape index (κ1) is 63.8. The number of carbonyl (C=O) groups is 3. The summed E-state index contributed by atoms with van der Waals surface area (Å²) in [4.78, 5) is 34.9. The van der Waals surface area contributed by atoms with Crippen LogP contribution < -0.4 is 28.4 Å². The van der Waals surface area contributed by atoms with Crippen molar-refractivity contribution in [2.24, 2.45) is 0 Å². The summed E-state index contributed by atoms with van der Waals surface area (Å²) in [5, 5.41) is 17.8. The van der Waals surface area contributed by atoms with E-state index in [2.05, 4.69) is 68.7 Å². The lowest BCUT2D eigenvalue weighted by molar-refractivity contribution is -0.941. The Hall–Kier alpha value is -5.79. The van der Waals surface area contributed by atoms with E-state index in [1.165, 1.54) is 120 Å². The highest BCUT2D eigenvalue weighted by Gasteiger charge is 2.45. The third kappa shape index (κ3) is 18.4. The van der Waals surface area contributed by atoms with Crippen LogP contribution in [0.25, 0.3) is 0 Å². The Morgan fingerprint density at radius 2 is 0.939 bits per heavy atom. The quantitative estimate of drug-likeness (QED) is 0.0199. The van der Waals surface area contributed by atoms with E-state index in [0.717, 1.165) is 135 Å². The van der Waals surface area contributed by atoms with Crippen molar-refractivity contribution in [3.05, 3.63) is 94.0 Å². The maximum Gasteiger partial charge on any atom is 0.308 e. The van der Waals surface area contributed by atoms with Gasteiger partial charge in [0, 0.05) is 51.0 Å². The Bertz CT molecular complexity index is 2670. The molecule has 8 rings (SSSR count). The average Bonchev–Trinajstić information content (AvgIpc) is 3.42. The normalized spacial score (nSPS) is 19.0. The van der Waals surface area contributed by atoms with E-state index < -0.39 is 17.9 Å². The third-order valence-electron chi connectivity index (χ3n) is 18.3. The number of carboxylic acids is 2. The molecule has 2 N–H and O–H groups in total. The molecule has 4 aliphatic rings. The predicted octanol–water partition coefficient (Wildman–Crippen LogP) is 16.4. The number of esters is 1. The van der Waals surface area contributed by atoms with Crippen molar-refractivity contribution in [1.29, 1.82) is 0 Å². The van der Waals surface area contributed by atoms with Gasteiger partial charge >= 0.3 is 17.9 Å². The standard InChI is InChI=1S/C69H98N2O11/c1-51(72)80-68-64(79-6)49-55-40-44-71(3,42-30-26-22-18-14-10-8-12-16-20-24-28-32-66(75)76)59-46-53-35-38-60(77-4)62(47-53)81-56-36-33-52(34-37-56)45-58-57-50-63(82-69(68)67(55)59)61(78-5)48-54(57)39-43-70(58,2)41-29-25-21-17-13-9-7-11-15-19-23-27-31-65(73)74/h33-38,47-50,58-59H,7-32,39-46H2,1-6H3/p+2. The van der Waals surface area contributed by atoms with Gasteiger partial charge in [-0.1, -0.05) is 134 Å². The average molecular weight is 1130 g/mol. The largest absolute Gasteiger partial charge is 0.493 e. The number of benzene rings is 4. The topological polar surface area (TPSA) is 147 Å². The van der Waals surface area contributed by atoms with Gasteiger partial charge in [-0.25, -0.2) is 0 Å². The van der Waals surface area contributed by atoms with Gasteiger partial charge in [0.05, 0.1) is 67.2 Å². The summed E-state index contributed by atoms with van der Waals surface area (Å²) in [6, 6.07) is 21.4. The van der Waals surface area contributed by atoms with Crippen molar-refractivity contribution < 1.29 is 62.0 Å². The van der Waals surface area contributed by atoms with Crippen LogP contribution in [0.4, 0.5) is 0 Å². The Labute approximate surface area is 491 Å². The number of hydrogen-bond donors (Lipinski definition) is 2. The van der Waals surface area contributed by atoms with Gasteiger partial charge in [0.15, 0.2) is 34.5 Å². The van der Waals surface area contributed by atoms with Gasteiger partial charge in [0.2, 0.25) is 5.75 Å². The maximum absolute atomic E-state index is 13.3. The van der Waals surface area contributed by atoms with Crippen LogP contribution in [0.3, 0.4) is 0 Å². The van der Waals surface area contributed by atoms with Gasteiger partial charge < -0.3 is 47.6 Å². The molecule has 82 heavy (non-hydrogen) atoms. The van der Waals surface area contributed by atoms with Gasteiger partial charge in [-0.2, -0.15) is 0 Å². The second-order valence-electron chi connectivity index (χ2n) is 24.5. The minimum atomic E-state index is -0.696. The summed E-state index contributed by atoms with van der Waals surface area (Å²) in [7, 11) is 9.88. The molecule has 4 atom stereocenters. The molecule has 13 heteroatoms. The summed E-state index contributed by atoms with van der Waals surface area (Å²) in [6.45, 7) is 5.38. The number of fused-ring (bicyclic) bond motifs is 2. The first-order valence-corrected chi connectivity index (χ1v) is 31.6. The van der Waals surface area contributed by atoms with E-state index in [1.807, 2.05) is 6.07 Å². The van der Waals surface area contributed by atoms with Crippen molar-refractivity contribution in [1.82, 2.24) is 0 Å². The van der Waals surface area contributed by atoms with Crippen LogP contribution in [0.1, 0.15) is 219 Å². The molecule has 4 unspecified atom stereocenters. The molecule has 6 bridgehead atoms. The second kappa shape index (κ2) is 32.3. The molecule has 0 fully saturated rings. The fourth-order valence-electron chi connectivity index (χ4n) is 13.4. The maximum atomic E-state index is 13.3. The highest BCUT2D eigenvalue weighted by atomic mass is 16.6. The molecule has 0 aromatic heterocycles.